The van der Waals surface area contributed by atoms with Gasteiger partial charge in [0.1, 0.15) is 0 Å². The van der Waals surface area contributed by atoms with Crippen molar-refractivity contribution in [3.63, 3.8) is 0 Å². The van der Waals surface area contributed by atoms with Crippen LogP contribution in [-0.4, -0.2) is 14.5 Å². The van der Waals surface area contributed by atoms with Crippen molar-refractivity contribution in [2.75, 3.05) is 0 Å². The van der Waals surface area contributed by atoms with E-state index in [0.29, 0.717) is 4.90 Å². The van der Waals surface area contributed by atoms with Crippen LogP contribution in [0.2, 0.25) is 0 Å². The molecule has 0 aromatic heterocycles. The van der Waals surface area contributed by atoms with Crippen LogP contribution in [0.3, 0.4) is 0 Å². The Morgan fingerprint density at radius 3 is 2.37 bits per heavy atom. The van der Waals surface area contributed by atoms with Gasteiger partial charge in [-0.1, -0.05) is 49.6 Å². The maximum absolute atomic E-state index is 12.3. The molecular formula is C15H23NO2S. The van der Waals surface area contributed by atoms with Crippen molar-refractivity contribution in [2.24, 2.45) is 0 Å². The van der Waals surface area contributed by atoms with Gasteiger partial charge in [0.05, 0.1) is 4.90 Å². The van der Waals surface area contributed by atoms with Crippen LogP contribution in [0.5, 0.6) is 0 Å². The molecule has 1 aromatic rings. The molecule has 4 heteroatoms. The van der Waals surface area contributed by atoms with Gasteiger partial charge >= 0.3 is 0 Å². The van der Waals surface area contributed by atoms with E-state index < -0.39 is 10.0 Å². The summed E-state index contributed by atoms with van der Waals surface area (Å²) in [6.07, 6.45) is 2.81. The standard InChI is InChI=1S/C15H23NO2S/c1-5-6-7-15(12(2)3)16-19(17,18)14-10-8-13(4)9-11-14/h8-11,15-16H,2,5-7H2,1,3-4H3/t15-/m1/s1. The summed E-state index contributed by atoms with van der Waals surface area (Å²) in [7, 11) is -3.46. The number of nitrogens with one attached hydrogen (secondary N) is 1. The maximum Gasteiger partial charge on any atom is 0.241 e. The van der Waals surface area contributed by atoms with Crippen molar-refractivity contribution in [3.05, 3.63) is 42.0 Å². The molecule has 0 heterocycles. The average Bonchev–Trinajstić information content (AvgIpc) is 2.34. The zero-order chi connectivity index (χ0) is 14.5. The molecule has 1 atom stereocenters. The zero-order valence-electron chi connectivity index (χ0n) is 11.9. The van der Waals surface area contributed by atoms with Gasteiger partial charge in [-0.3, -0.25) is 0 Å². The predicted octanol–water partition coefficient (Wildman–Crippen LogP) is 3.41. The molecule has 0 unspecified atom stereocenters. The maximum atomic E-state index is 12.3. The molecule has 106 valence electrons. The van der Waals surface area contributed by atoms with Gasteiger partial charge in [0.2, 0.25) is 10.0 Å². The molecule has 1 N–H and O–H groups in total. The highest BCUT2D eigenvalue weighted by Gasteiger charge is 2.19. The van der Waals surface area contributed by atoms with Crippen molar-refractivity contribution in [2.45, 2.75) is 51.0 Å². The minimum absolute atomic E-state index is 0.189. The number of hydrogen-bond acceptors (Lipinski definition) is 2. The van der Waals surface area contributed by atoms with Gasteiger partial charge in [-0.25, -0.2) is 13.1 Å². The molecule has 19 heavy (non-hydrogen) atoms. The first-order valence-electron chi connectivity index (χ1n) is 6.61. The molecule has 1 rings (SSSR count). The number of unbranched alkanes of at least 4 members (excludes halogenated alkanes) is 1. The Balaban J connectivity index is 2.87. The first-order valence-corrected chi connectivity index (χ1v) is 8.09. The minimum atomic E-state index is -3.46. The molecule has 0 aliphatic rings. The molecule has 0 radical (unpaired) electrons. The summed E-state index contributed by atoms with van der Waals surface area (Å²) in [5.41, 5.74) is 1.89. The van der Waals surface area contributed by atoms with E-state index in [-0.39, 0.29) is 6.04 Å². The van der Waals surface area contributed by atoms with Crippen LogP contribution in [0.25, 0.3) is 0 Å². The smallest absolute Gasteiger partial charge is 0.207 e. The lowest BCUT2D eigenvalue weighted by Crippen LogP contribution is -2.35. The molecule has 1 aromatic carbocycles. The largest absolute Gasteiger partial charge is 0.241 e. The Kier molecular flexibility index (Phi) is 5.76. The normalized spacial score (nSPS) is 13.2. The Labute approximate surface area is 116 Å². The van der Waals surface area contributed by atoms with Crippen molar-refractivity contribution in [3.8, 4) is 0 Å². The SMILES string of the molecule is C=C(C)[C@@H](CCCC)NS(=O)(=O)c1ccc(C)cc1. The summed E-state index contributed by atoms with van der Waals surface area (Å²) in [5.74, 6) is 0. The molecule has 0 amide bonds. The summed E-state index contributed by atoms with van der Waals surface area (Å²) < 4.78 is 27.3. The highest BCUT2D eigenvalue weighted by atomic mass is 32.2. The van der Waals surface area contributed by atoms with E-state index in [4.69, 9.17) is 0 Å². The third kappa shape index (κ3) is 4.80. The average molecular weight is 281 g/mol. The fourth-order valence-electron chi connectivity index (χ4n) is 1.79. The van der Waals surface area contributed by atoms with Crippen LogP contribution >= 0.6 is 0 Å². The van der Waals surface area contributed by atoms with E-state index in [0.717, 1.165) is 30.4 Å². The molecule has 3 nitrogen and oxygen atoms in total. The van der Waals surface area contributed by atoms with E-state index in [1.165, 1.54) is 0 Å². The zero-order valence-corrected chi connectivity index (χ0v) is 12.8. The highest BCUT2D eigenvalue weighted by Crippen LogP contribution is 2.15. The molecule has 0 saturated heterocycles. The van der Waals surface area contributed by atoms with Gasteiger partial charge in [0, 0.05) is 6.04 Å². The second-order valence-electron chi connectivity index (χ2n) is 4.98. The number of benzene rings is 1. The molecule has 0 aliphatic heterocycles. The van der Waals surface area contributed by atoms with Crippen molar-refractivity contribution in [1.82, 2.24) is 4.72 Å². The summed E-state index contributed by atoms with van der Waals surface area (Å²) in [6, 6.07) is 6.68. The minimum Gasteiger partial charge on any atom is -0.207 e. The number of rotatable bonds is 7. The number of aryl methyl sites for hydroxylation is 1. The number of sulfonamides is 1. The van der Waals surface area contributed by atoms with Gasteiger partial charge < -0.3 is 0 Å². The van der Waals surface area contributed by atoms with E-state index in [1.807, 2.05) is 13.8 Å². The lowest BCUT2D eigenvalue weighted by atomic mass is 10.1. The van der Waals surface area contributed by atoms with Gasteiger partial charge in [0.15, 0.2) is 0 Å². The Morgan fingerprint density at radius 1 is 1.32 bits per heavy atom. The Hall–Kier alpha value is -1.13. The monoisotopic (exact) mass is 281 g/mol. The van der Waals surface area contributed by atoms with Crippen LogP contribution in [0.1, 0.15) is 38.7 Å². The van der Waals surface area contributed by atoms with Gasteiger partial charge in [-0.15, -0.1) is 0 Å². The summed E-state index contributed by atoms with van der Waals surface area (Å²) in [5, 5.41) is 0. The van der Waals surface area contributed by atoms with Gasteiger partial charge in [-0.05, 0) is 32.4 Å². The first-order chi connectivity index (χ1) is 8.86. The molecule has 0 aliphatic carbocycles. The van der Waals surface area contributed by atoms with Crippen molar-refractivity contribution in [1.29, 1.82) is 0 Å². The van der Waals surface area contributed by atoms with Crippen LogP contribution in [0.15, 0.2) is 41.3 Å². The van der Waals surface area contributed by atoms with Crippen LogP contribution in [-0.2, 0) is 10.0 Å². The Bertz CT molecular complexity index is 518. The topological polar surface area (TPSA) is 46.2 Å². The van der Waals surface area contributed by atoms with E-state index in [9.17, 15) is 8.42 Å². The second kappa shape index (κ2) is 6.87. The number of hydrogen-bond donors (Lipinski definition) is 1. The highest BCUT2D eigenvalue weighted by molar-refractivity contribution is 7.89. The molecular weight excluding hydrogens is 258 g/mol. The summed E-state index contributed by atoms with van der Waals surface area (Å²) in [4.78, 5) is 0.306. The van der Waals surface area contributed by atoms with Gasteiger partial charge in [0.25, 0.3) is 0 Å². The molecule has 0 fully saturated rings. The summed E-state index contributed by atoms with van der Waals surface area (Å²) >= 11 is 0. The fraction of sp³-hybridized carbons (Fsp3) is 0.467. The molecule has 0 bridgehead atoms. The Morgan fingerprint density at radius 2 is 1.89 bits per heavy atom. The fourth-order valence-corrected chi connectivity index (χ4v) is 3.11. The van der Waals surface area contributed by atoms with Crippen molar-refractivity contribution < 1.29 is 8.42 Å². The van der Waals surface area contributed by atoms with E-state index in [1.54, 1.807) is 24.3 Å². The lowest BCUT2D eigenvalue weighted by molar-refractivity contribution is 0.544. The predicted molar refractivity (Wildman–Crippen MR) is 79.6 cm³/mol. The molecule has 0 saturated carbocycles. The third-order valence-electron chi connectivity index (χ3n) is 3.07. The lowest BCUT2D eigenvalue weighted by Gasteiger charge is -2.18. The van der Waals surface area contributed by atoms with E-state index >= 15 is 0 Å². The molecule has 0 spiro atoms. The van der Waals surface area contributed by atoms with E-state index in [2.05, 4.69) is 18.2 Å². The first kappa shape index (κ1) is 15.9. The van der Waals surface area contributed by atoms with Crippen LogP contribution in [0.4, 0.5) is 0 Å². The van der Waals surface area contributed by atoms with Crippen molar-refractivity contribution >= 4 is 10.0 Å². The van der Waals surface area contributed by atoms with Gasteiger partial charge in [-0.2, -0.15) is 0 Å². The third-order valence-corrected chi connectivity index (χ3v) is 4.56. The summed E-state index contributed by atoms with van der Waals surface area (Å²) in [6.45, 7) is 9.75. The van der Waals surface area contributed by atoms with Crippen LogP contribution < -0.4 is 4.72 Å². The second-order valence-corrected chi connectivity index (χ2v) is 6.69. The quantitative estimate of drug-likeness (QED) is 0.779. The van der Waals surface area contributed by atoms with Crippen LogP contribution in [0, 0.1) is 6.92 Å².